The molecule has 0 heterocycles. The van der Waals surface area contributed by atoms with Gasteiger partial charge in [0.15, 0.2) is 0 Å². The smallest absolute Gasteiger partial charge is 0.142 e. The molecular weight excluding hydrogens is 536 g/mol. The Morgan fingerprint density at radius 3 is 1.86 bits per heavy atom. The Bertz CT molecular complexity index is 1620. The molecule has 3 heteroatoms. The van der Waals surface area contributed by atoms with Crippen molar-refractivity contribution >= 4 is 17.7 Å². The van der Waals surface area contributed by atoms with Crippen molar-refractivity contribution in [3.63, 3.8) is 0 Å². The molecule has 0 bridgehead atoms. The zero-order chi connectivity index (χ0) is 32.8. The van der Waals surface area contributed by atoms with Gasteiger partial charge in [-0.15, -0.1) is 0 Å². The van der Waals surface area contributed by atoms with Gasteiger partial charge in [0.1, 0.15) is 6.29 Å². The van der Waals surface area contributed by atoms with Gasteiger partial charge < -0.3 is 9.80 Å². The Morgan fingerprint density at radius 2 is 1.30 bits per heavy atom. The molecule has 0 aliphatic heterocycles. The van der Waals surface area contributed by atoms with Crippen LogP contribution in [0.4, 0.5) is 11.4 Å². The summed E-state index contributed by atoms with van der Waals surface area (Å²) in [4.78, 5) is 15.1. The van der Waals surface area contributed by atoms with Crippen LogP contribution in [0.1, 0.15) is 73.6 Å². The third-order valence-corrected chi connectivity index (χ3v) is 9.06. The average molecular weight is 587 g/mol. The van der Waals surface area contributed by atoms with Crippen LogP contribution in [0.2, 0.25) is 0 Å². The van der Waals surface area contributed by atoms with Crippen LogP contribution in [0, 0.1) is 13.8 Å². The van der Waals surface area contributed by atoms with Crippen molar-refractivity contribution in [1.82, 2.24) is 0 Å². The Labute approximate surface area is 266 Å². The molecule has 0 radical (unpaired) electrons. The van der Waals surface area contributed by atoms with E-state index in [0.717, 1.165) is 35.5 Å². The predicted octanol–water partition coefficient (Wildman–Crippen LogP) is 9.91. The molecule has 3 nitrogen and oxygen atoms in total. The van der Waals surface area contributed by atoms with E-state index in [1.54, 1.807) is 12.2 Å². The lowest BCUT2D eigenvalue weighted by Crippen LogP contribution is -2.24. The lowest BCUT2D eigenvalue weighted by atomic mass is 9.72. The van der Waals surface area contributed by atoms with E-state index in [2.05, 4.69) is 133 Å². The normalized spacial score (nSPS) is 12.0. The Balaban J connectivity index is 2.00. The molecule has 0 aliphatic rings. The molecule has 0 atom stereocenters. The monoisotopic (exact) mass is 586 g/mol. The molecule has 3 aromatic carbocycles. The molecule has 0 aromatic heterocycles. The van der Waals surface area contributed by atoms with Crippen molar-refractivity contribution in [2.45, 2.75) is 65.7 Å². The van der Waals surface area contributed by atoms with Gasteiger partial charge in [-0.05, 0) is 83.5 Å². The van der Waals surface area contributed by atoms with Gasteiger partial charge in [-0.1, -0.05) is 115 Å². The Kier molecular flexibility index (Phi) is 10.8. The molecular formula is C41H50N2O. The van der Waals surface area contributed by atoms with Crippen molar-refractivity contribution in [3.8, 4) is 0 Å². The number of nitrogens with zero attached hydrogens (tertiary/aromatic N) is 2. The minimum Gasteiger partial charge on any atom is -0.345 e. The van der Waals surface area contributed by atoms with E-state index < -0.39 is 0 Å². The summed E-state index contributed by atoms with van der Waals surface area (Å²) < 4.78 is 0. The van der Waals surface area contributed by atoms with Gasteiger partial charge in [-0.25, -0.2) is 0 Å². The molecule has 3 aromatic rings. The van der Waals surface area contributed by atoms with Crippen LogP contribution in [0.3, 0.4) is 0 Å². The second kappa shape index (κ2) is 13.9. The SMILES string of the molecule is C=C/C=C\C(=C)N(C)c1ccc(C(C)(C)c2cccc(C(C)(C)c3cc(C)c(N(C)C(=C)/C=C\C=O)c(CC)c3)c2)cc1C. The first-order chi connectivity index (χ1) is 20.7. The van der Waals surface area contributed by atoms with E-state index in [9.17, 15) is 4.79 Å². The van der Waals surface area contributed by atoms with Gasteiger partial charge >= 0.3 is 0 Å². The summed E-state index contributed by atoms with van der Waals surface area (Å²) in [7, 11) is 4.06. The van der Waals surface area contributed by atoms with Crippen molar-refractivity contribution in [3.05, 3.63) is 155 Å². The molecule has 0 spiro atoms. The number of aryl methyl sites for hydroxylation is 3. The van der Waals surface area contributed by atoms with Crippen LogP contribution in [0.15, 0.2) is 116 Å². The molecule has 0 amide bonds. The van der Waals surface area contributed by atoms with E-state index >= 15 is 0 Å². The van der Waals surface area contributed by atoms with E-state index in [4.69, 9.17) is 0 Å². The number of carbonyl (C=O) groups is 1. The fourth-order valence-electron chi connectivity index (χ4n) is 5.86. The Hall–Kier alpha value is -4.37. The topological polar surface area (TPSA) is 23.6 Å². The van der Waals surface area contributed by atoms with Gasteiger partial charge in [-0.3, -0.25) is 4.79 Å². The summed E-state index contributed by atoms with van der Waals surface area (Å²) in [5.41, 5.74) is 12.3. The Morgan fingerprint density at radius 1 is 0.750 bits per heavy atom. The third-order valence-electron chi connectivity index (χ3n) is 9.06. The number of aldehydes is 1. The summed E-state index contributed by atoms with van der Waals surface area (Å²) in [6.45, 7) is 27.9. The summed E-state index contributed by atoms with van der Waals surface area (Å²) in [5, 5.41) is 0. The predicted molar refractivity (Wildman–Crippen MR) is 192 cm³/mol. The summed E-state index contributed by atoms with van der Waals surface area (Å²) in [6.07, 6.45) is 10.6. The highest BCUT2D eigenvalue weighted by molar-refractivity contribution is 5.69. The highest BCUT2D eigenvalue weighted by atomic mass is 16.1. The lowest BCUT2D eigenvalue weighted by molar-refractivity contribution is -0.104. The number of rotatable bonds is 13. The van der Waals surface area contributed by atoms with E-state index in [-0.39, 0.29) is 10.8 Å². The maximum atomic E-state index is 10.9. The van der Waals surface area contributed by atoms with Gasteiger partial charge in [0.05, 0.1) is 0 Å². The number of benzene rings is 3. The van der Waals surface area contributed by atoms with E-state index in [1.807, 2.05) is 26.2 Å². The average Bonchev–Trinajstić information content (AvgIpc) is 3.01. The number of anilines is 2. The molecule has 0 saturated heterocycles. The van der Waals surface area contributed by atoms with Crippen LogP contribution >= 0.6 is 0 Å². The standard InChI is InChI=1S/C41H50N2O/c1-13-15-18-31(5)42(11)38-23-22-36(25-29(38)3)40(7,8)34-20-16-21-35(28-34)41(9,10)37-26-30(4)39(33(14-2)27-37)43(12)32(6)19-17-24-44/h13,15-28H,1,5-6,14H2,2-4,7-12H3/b18-15-,19-17-. The van der Waals surface area contributed by atoms with Crippen LogP contribution in [-0.2, 0) is 22.0 Å². The van der Waals surface area contributed by atoms with Crippen LogP contribution in [-0.4, -0.2) is 20.4 Å². The lowest BCUT2D eigenvalue weighted by Gasteiger charge is -2.33. The molecule has 0 N–H and O–H groups in total. The molecule has 230 valence electrons. The van der Waals surface area contributed by atoms with Crippen LogP contribution in [0.5, 0.6) is 0 Å². The maximum Gasteiger partial charge on any atom is 0.142 e. The highest BCUT2D eigenvalue weighted by Gasteiger charge is 2.29. The van der Waals surface area contributed by atoms with Crippen LogP contribution in [0.25, 0.3) is 0 Å². The number of hydrogen-bond donors (Lipinski definition) is 0. The molecule has 0 aliphatic carbocycles. The van der Waals surface area contributed by atoms with Gasteiger partial charge in [0.2, 0.25) is 0 Å². The minimum absolute atomic E-state index is 0.194. The van der Waals surface area contributed by atoms with Gasteiger partial charge in [0.25, 0.3) is 0 Å². The second-order valence-electron chi connectivity index (χ2n) is 12.7. The highest BCUT2D eigenvalue weighted by Crippen LogP contribution is 2.40. The first kappa shape index (κ1) is 34.1. The third kappa shape index (κ3) is 7.05. The summed E-state index contributed by atoms with van der Waals surface area (Å²) in [5.74, 6) is 0. The summed E-state index contributed by atoms with van der Waals surface area (Å²) >= 11 is 0. The largest absolute Gasteiger partial charge is 0.345 e. The van der Waals surface area contributed by atoms with Crippen molar-refractivity contribution in [1.29, 1.82) is 0 Å². The van der Waals surface area contributed by atoms with Gasteiger partial charge in [0, 0.05) is 47.7 Å². The van der Waals surface area contributed by atoms with E-state index in [1.165, 1.54) is 45.0 Å². The van der Waals surface area contributed by atoms with Gasteiger partial charge in [-0.2, -0.15) is 0 Å². The zero-order valence-corrected chi connectivity index (χ0v) is 28.3. The number of likely N-dealkylation sites (N-methyl/N-ethyl adjacent to an activating group) is 2. The number of allylic oxidation sites excluding steroid dienone is 5. The minimum atomic E-state index is -0.214. The maximum absolute atomic E-state index is 10.9. The molecule has 3 rings (SSSR count). The molecule has 44 heavy (non-hydrogen) atoms. The van der Waals surface area contributed by atoms with Crippen molar-refractivity contribution in [2.24, 2.45) is 0 Å². The van der Waals surface area contributed by atoms with Crippen LogP contribution < -0.4 is 9.80 Å². The fraction of sp³-hybridized carbons (Fsp3) is 0.293. The first-order valence-corrected chi connectivity index (χ1v) is 15.3. The first-order valence-electron chi connectivity index (χ1n) is 15.3. The number of carbonyl (C=O) groups excluding carboxylic acids is 1. The fourth-order valence-corrected chi connectivity index (χ4v) is 5.86. The van der Waals surface area contributed by atoms with E-state index in [0.29, 0.717) is 0 Å². The van der Waals surface area contributed by atoms with Crippen molar-refractivity contribution in [2.75, 3.05) is 23.9 Å². The second-order valence-corrected chi connectivity index (χ2v) is 12.7. The van der Waals surface area contributed by atoms with Crippen molar-refractivity contribution < 1.29 is 4.79 Å². The quantitative estimate of drug-likeness (QED) is 0.113. The number of hydrogen-bond acceptors (Lipinski definition) is 3. The molecule has 0 unspecified atom stereocenters. The zero-order valence-electron chi connectivity index (χ0n) is 28.3. The summed E-state index contributed by atoms with van der Waals surface area (Å²) in [6, 6.07) is 20.4. The molecule has 0 fully saturated rings. The molecule has 0 saturated carbocycles.